The minimum atomic E-state index is -1.03. The summed E-state index contributed by atoms with van der Waals surface area (Å²) in [5, 5.41) is 9.18. The third-order valence-electron chi connectivity index (χ3n) is 2.76. The standard InChI is InChI=1S/C14H13FN2O2/c1-2-17(11-5-3-4-10(15)8-11)13-9-16-7-6-12(13)14(18)19/h3-9H,2H2,1H3,(H,18,19). The summed E-state index contributed by atoms with van der Waals surface area (Å²) >= 11 is 0. The number of carboxylic acids is 1. The van der Waals surface area contributed by atoms with Crippen molar-refractivity contribution in [1.29, 1.82) is 0 Å². The van der Waals surface area contributed by atoms with Crippen LogP contribution in [0.15, 0.2) is 42.7 Å². The summed E-state index contributed by atoms with van der Waals surface area (Å²) < 4.78 is 13.3. The van der Waals surface area contributed by atoms with Crippen LogP contribution in [0.5, 0.6) is 0 Å². The first kappa shape index (κ1) is 13.0. The molecule has 0 aliphatic carbocycles. The Labute approximate surface area is 110 Å². The Kier molecular flexibility index (Phi) is 3.75. The van der Waals surface area contributed by atoms with Gasteiger partial charge in [-0.2, -0.15) is 0 Å². The third-order valence-corrected chi connectivity index (χ3v) is 2.76. The number of aromatic nitrogens is 1. The Morgan fingerprint density at radius 2 is 2.21 bits per heavy atom. The molecule has 0 aliphatic heterocycles. The zero-order chi connectivity index (χ0) is 13.8. The van der Waals surface area contributed by atoms with Crippen molar-refractivity contribution in [3.63, 3.8) is 0 Å². The molecule has 2 aromatic rings. The van der Waals surface area contributed by atoms with Gasteiger partial charge in [-0.15, -0.1) is 0 Å². The van der Waals surface area contributed by atoms with E-state index in [0.29, 0.717) is 17.9 Å². The highest BCUT2D eigenvalue weighted by atomic mass is 19.1. The number of aromatic carboxylic acids is 1. The highest BCUT2D eigenvalue weighted by Gasteiger charge is 2.16. The lowest BCUT2D eigenvalue weighted by atomic mass is 10.2. The van der Waals surface area contributed by atoms with Gasteiger partial charge in [0, 0.05) is 18.4 Å². The van der Waals surface area contributed by atoms with Crippen LogP contribution in [0.1, 0.15) is 17.3 Å². The van der Waals surface area contributed by atoms with E-state index in [1.54, 1.807) is 17.0 Å². The Hall–Kier alpha value is -2.43. The molecular weight excluding hydrogens is 247 g/mol. The van der Waals surface area contributed by atoms with Gasteiger partial charge >= 0.3 is 5.97 Å². The second-order valence-corrected chi connectivity index (χ2v) is 3.92. The predicted octanol–water partition coefficient (Wildman–Crippen LogP) is 3.08. The summed E-state index contributed by atoms with van der Waals surface area (Å²) in [5.74, 6) is -1.40. The van der Waals surface area contributed by atoms with Gasteiger partial charge < -0.3 is 10.0 Å². The van der Waals surface area contributed by atoms with Gasteiger partial charge in [0.1, 0.15) is 5.82 Å². The van der Waals surface area contributed by atoms with Gasteiger partial charge in [0.05, 0.1) is 17.4 Å². The van der Waals surface area contributed by atoms with Gasteiger partial charge in [-0.1, -0.05) is 6.07 Å². The summed E-state index contributed by atoms with van der Waals surface area (Å²) in [6.45, 7) is 2.37. The molecule has 0 saturated heterocycles. The number of anilines is 2. The zero-order valence-corrected chi connectivity index (χ0v) is 10.4. The second kappa shape index (κ2) is 5.48. The maximum absolute atomic E-state index is 13.3. The average molecular weight is 260 g/mol. The minimum absolute atomic E-state index is 0.140. The van der Waals surface area contributed by atoms with Crippen molar-refractivity contribution in [3.8, 4) is 0 Å². The zero-order valence-electron chi connectivity index (χ0n) is 10.4. The molecule has 0 spiro atoms. The molecule has 1 heterocycles. The quantitative estimate of drug-likeness (QED) is 0.917. The predicted molar refractivity (Wildman–Crippen MR) is 70.3 cm³/mol. The molecule has 0 fully saturated rings. The van der Waals surface area contributed by atoms with Crippen LogP contribution in [0.2, 0.25) is 0 Å². The van der Waals surface area contributed by atoms with E-state index in [4.69, 9.17) is 0 Å². The normalized spacial score (nSPS) is 10.2. The molecule has 5 heteroatoms. The maximum Gasteiger partial charge on any atom is 0.337 e. The highest BCUT2D eigenvalue weighted by Crippen LogP contribution is 2.28. The summed E-state index contributed by atoms with van der Waals surface area (Å²) in [5.41, 5.74) is 1.18. The van der Waals surface area contributed by atoms with Crippen LogP contribution in [0, 0.1) is 5.82 Å². The molecule has 19 heavy (non-hydrogen) atoms. The molecule has 0 radical (unpaired) electrons. The van der Waals surface area contributed by atoms with Crippen molar-refractivity contribution in [2.75, 3.05) is 11.4 Å². The summed E-state index contributed by atoms with van der Waals surface area (Å²) in [6.07, 6.45) is 2.89. The molecule has 1 aromatic heterocycles. The lowest BCUT2D eigenvalue weighted by Gasteiger charge is -2.24. The molecule has 0 bridgehead atoms. The number of pyridine rings is 1. The molecule has 98 valence electrons. The van der Waals surface area contributed by atoms with Crippen LogP contribution in [0.3, 0.4) is 0 Å². The van der Waals surface area contributed by atoms with E-state index in [9.17, 15) is 14.3 Å². The van der Waals surface area contributed by atoms with Crippen molar-refractivity contribution >= 4 is 17.3 Å². The van der Waals surface area contributed by atoms with E-state index < -0.39 is 5.97 Å². The minimum Gasteiger partial charge on any atom is -0.478 e. The van der Waals surface area contributed by atoms with E-state index >= 15 is 0 Å². The number of carboxylic acid groups (broad SMARTS) is 1. The largest absolute Gasteiger partial charge is 0.478 e. The fourth-order valence-corrected chi connectivity index (χ4v) is 1.92. The highest BCUT2D eigenvalue weighted by molar-refractivity contribution is 5.95. The number of carbonyl (C=O) groups is 1. The first-order valence-corrected chi connectivity index (χ1v) is 5.84. The van der Waals surface area contributed by atoms with E-state index in [0.717, 1.165) is 0 Å². The molecular formula is C14H13FN2O2. The van der Waals surface area contributed by atoms with E-state index in [2.05, 4.69) is 4.98 Å². The van der Waals surface area contributed by atoms with Crippen LogP contribution in [-0.2, 0) is 0 Å². The number of nitrogens with zero attached hydrogens (tertiary/aromatic N) is 2. The molecule has 0 unspecified atom stereocenters. The Balaban J connectivity index is 2.51. The van der Waals surface area contributed by atoms with Crippen LogP contribution < -0.4 is 4.90 Å². The molecule has 2 rings (SSSR count). The molecule has 4 nitrogen and oxygen atoms in total. The third kappa shape index (κ3) is 2.70. The van der Waals surface area contributed by atoms with Crippen molar-refractivity contribution < 1.29 is 14.3 Å². The first-order chi connectivity index (χ1) is 9.13. The number of hydrogen-bond donors (Lipinski definition) is 1. The van der Waals surface area contributed by atoms with Gasteiger partial charge in [-0.05, 0) is 31.2 Å². The second-order valence-electron chi connectivity index (χ2n) is 3.92. The monoisotopic (exact) mass is 260 g/mol. The average Bonchev–Trinajstić information content (AvgIpc) is 2.40. The van der Waals surface area contributed by atoms with Crippen LogP contribution in [0.4, 0.5) is 15.8 Å². The maximum atomic E-state index is 13.3. The molecule has 0 amide bonds. The van der Waals surface area contributed by atoms with Crippen LogP contribution in [-0.4, -0.2) is 22.6 Å². The van der Waals surface area contributed by atoms with Gasteiger partial charge in [0.15, 0.2) is 0 Å². The number of benzene rings is 1. The fraction of sp³-hybridized carbons (Fsp3) is 0.143. The lowest BCUT2D eigenvalue weighted by Crippen LogP contribution is -2.19. The van der Waals surface area contributed by atoms with Gasteiger partial charge in [-0.3, -0.25) is 4.98 Å². The van der Waals surface area contributed by atoms with Crippen molar-refractivity contribution in [2.24, 2.45) is 0 Å². The Morgan fingerprint density at radius 1 is 1.42 bits per heavy atom. The van der Waals surface area contributed by atoms with Crippen molar-refractivity contribution in [3.05, 3.63) is 54.1 Å². The van der Waals surface area contributed by atoms with Gasteiger partial charge in [0.25, 0.3) is 0 Å². The lowest BCUT2D eigenvalue weighted by molar-refractivity contribution is 0.0697. The molecule has 1 aromatic carbocycles. The number of rotatable bonds is 4. The number of hydrogen-bond acceptors (Lipinski definition) is 3. The van der Waals surface area contributed by atoms with Crippen LogP contribution >= 0.6 is 0 Å². The summed E-state index contributed by atoms with van der Waals surface area (Å²) in [4.78, 5) is 16.9. The first-order valence-electron chi connectivity index (χ1n) is 5.84. The van der Waals surface area contributed by atoms with Crippen molar-refractivity contribution in [1.82, 2.24) is 4.98 Å². The number of halogens is 1. The van der Waals surface area contributed by atoms with Gasteiger partial charge in [0.2, 0.25) is 0 Å². The van der Waals surface area contributed by atoms with Crippen molar-refractivity contribution in [2.45, 2.75) is 6.92 Å². The SMILES string of the molecule is CCN(c1cccc(F)c1)c1cnccc1C(=O)O. The smallest absolute Gasteiger partial charge is 0.337 e. The molecule has 1 N–H and O–H groups in total. The fourth-order valence-electron chi connectivity index (χ4n) is 1.92. The van der Waals surface area contributed by atoms with E-state index in [-0.39, 0.29) is 11.4 Å². The topological polar surface area (TPSA) is 53.4 Å². The summed E-state index contributed by atoms with van der Waals surface area (Å²) in [7, 11) is 0. The van der Waals surface area contributed by atoms with Crippen LogP contribution in [0.25, 0.3) is 0 Å². The summed E-state index contributed by atoms with van der Waals surface area (Å²) in [6, 6.07) is 7.45. The van der Waals surface area contributed by atoms with E-state index in [1.165, 1.54) is 30.6 Å². The molecule has 0 atom stereocenters. The Morgan fingerprint density at radius 3 is 2.84 bits per heavy atom. The molecule has 0 saturated carbocycles. The van der Waals surface area contributed by atoms with E-state index in [1.807, 2.05) is 6.92 Å². The molecule has 0 aliphatic rings. The van der Waals surface area contributed by atoms with Gasteiger partial charge in [-0.25, -0.2) is 9.18 Å². The Bertz CT molecular complexity index is 602.